The molecule has 0 spiro atoms. The van der Waals surface area contributed by atoms with Crippen LogP contribution in [0.2, 0.25) is 0 Å². The van der Waals surface area contributed by atoms with Crippen LogP contribution in [0.4, 0.5) is 23.4 Å². The molecule has 1 aromatic carbocycles. The Hall–Kier alpha value is -2.43. The molecule has 0 saturated carbocycles. The number of nitrogens with zero attached hydrogens (tertiary/aromatic N) is 7. The van der Waals surface area contributed by atoms with Gasteiger partial charge in [0.05, 0.1) is 30.6 Å². The van der Waals surface area contributed by atoms with Gasteiger partial charge in [-0.1, -0.05) is 35.8 Å². The topological polar surface area (TPSA) is 210 Å². The summed E-state index contributed by atoms with van der Waals surface area (Å²) < 4.78 is 119. The van der Waals surface area contributed by atoms with Gasteiger partial charge in [0.25, 0.3) is 0 Å². The van der Waals surface area contributed by atoms with Gasteiger partial charge in [-0.2, -0.15) is 13.2 Å². The number of hydrogen-bond acceptors (Lipinski definition) is 15. The number of halogens is 4. The number of anilines is 1. The van der Waals surface area contributed by atoms with Gasteiger partial charge >= 0.3 is 19.8 Å². The fraction of sp³-hybridized carbons (Fsp3) is 0.500. The fourth-order valence-corrected chi connectivity index (χ4v) is 8.43. The molecule has 25 heteroatoms. The normalized spacial score (nSPS) is 37.0. The lowest BCUT2D eigenvalue weighted by atomic mass is 10.1. The molecule has 254 valence electrons. The molecule has 0 amide bonds. The van der Waals surface area contributed by atoms with Crippen LogP contribution in [0.15, 0.2) is 30.9 Å². The third-order valence-electron chi connectivity index (χ3n) is 7.60. The molecule has 3 aromatic heterocycles. The Morgan fingerprint density at radius 2 is 1.64 bits per heavy atom. The number of nitrogens with two attached hydrogens (primary N) is 1. The van der Waals surface area contributed by atoms with Gasteiger partial charge in [0.1, 0.15) is 47.9 Å². The van der Waals surface area contributed by atoms with Crippen LogP contribution in [0.5, 0.6) is 0 Å². The van der Waals surface area contributed by atoms with Crippen LogP contribution in [0, 0.1) is 0 Å². The van der Waals surface area contributed by atoms with E-state index in [2.05, 4.69) is 49.8 Å². The maximum absolute atomic E-state index is 16.0. The van der Waals surface area contributed by atoms with Gasteiger partial charge in [0.15, 0.2) is 30.1 Å². The first-order valence-corrected chi connectivity index (χ1v) is 18.8. The van der Waals surface area contributed by atoms with Crippen molar-refractivity contribution in [2.24, 2.45) is 0 Å². The van der Waals surface area contributed by atoms with Crippen LogP contribution in [-0.2, 0) is 42.9 Å². The Labute approximate surface area is 270 Å². The smallest absolute Gasteiger partial charge is 0.387 e. The first-order valence-electron chi connectivity index (χ1n) is 13.4. The Bertz CT molecular complexity index is 1940. The van der Waals surface area contributed by atoms with E-state index in [4.69, 9.17) is 33.3 Å². The number of aliphatic hydroxyl groups excluding tert-OH is 1. The van der Waals surface area contributed by atoms with Crippen molar-refractivity contribution >= 4 is 66.1 Å². The van der Waals surface area contributed by atoms with Gasteiger partial charge in [0.2, 0.25) is 0 Å². The Balaban J connectivity index is 1.20. The van der Waals surface area contributed by atoms with E-state index in [0.717, 1.165) is 23.1 Å². The minimum Gasteiger partial charge on any atom is -0.387 e. The van der Waals surface area contributed by atoms with E-state index in [9.17, 15) is 27.4 Å². The molecule has 3 fully saturated rings. The number of aromatic nitrogens is 7. The Morgan fingerprint density at radius 3 is 2.36 bits per heavy atom. The number of hydrogen-bond donors (Lipinski definition) is 4. The van der Waals surface area contributed by atoms with Gasteiger partial charge in [0, 0.05) is 0 Å². The molecule has 3 N–H and O–H groups in total. The number of aliphatic hydroxyl groups is 1. The van der Waals surface area contributed by atoms with Crippen LogP contribution < -0.4 is 5.73 Å². The molecule has 7 rings (SSSR count). The van der Waals surface area contributed by atoms with E-state index in [0.29, 0.717) is 0 Å². The van der Waals surface area contributed by atoms with Gasteiger partial charge in [-0.25, -0.2) is 33.2 Å². The van der Waals surface area contributed by atoms with E-state index in [1.807, 2.05) is 0 Å². The molecule has 3 saturated heterocycles. The lowest BCUT2D eigenvalue weighted by Gasteiger charge is -2.26. The van der Waals surface area contributed by atoms with Crippen molar-refractivity contribution in [2.45, 2.75) is 55.3 Å². The van der Waals surface area contributed by atoms with Crippen molar-refractivity contribution in [3.05, 3.63) is 36.4 Å². The summed E-state index contributed by atoms with van der Waals surface area (Å²) in [5, 5.41) is 18.5. The van der Waals surface area contributed by atoms with Gasteiger partial charge in [-0.15, -0.1) is 5.10 Å². The number of imidazole rings is 1. The number of benzene rings is 1. The summed E-state index contributed by atoms with van der Waals surface area (Å²) in [6, 6.07) is 3.17. The summed E-state index contributed by atoms with van der Waals surface area (Å²) in [6.45, 7) is -10.5. The molecular weight excluding hydrogens is 722 g/mol. The van der Waals surface area contributed by atoms with E-state index < -0.39 is 93.2 Å². The van der Waals surface area contributed by atoms with Crippen molar-refractivity contribution in [2.75, 3.05) is 18.9 Å². The summed E-state index contributed by atoms with van der Waals surface area (Å²) in [4.78, 5) is 12.0. The summed E-state index contributed by atoms with van der Waals surface area (Å²) >= 11 is 7.94. The summed E-state index contributed by atoms with van der Waals surface area (Å²) in [5.74, 6) is 0.0164. The first-order chi connectivity index (χ1) is 22.1. The molecule has 0 aliphatic carbocycles. The van der Waals surface area contributed by atoms with Crippen molar-refractivity contribution in [1.82, 2.24) is 34.5 Å². The molecule has 6 heterocycles. The van der Waals surface area contributed by atoms with Gasteiger partial charge in [-0.05, 0) is 12.1 Å². The summed E-state index contributed by atoms with van der Waals surface area (Å²) in [7, 11) is 0. The number of alkyl halides is 4. The number of nitrogen functional groups attached to an aromatic ring is 1. The standard InChI is InChI=1S/C22H22F4N8O9P2S2/c23-12-16-11(41-20(12)33-7-30-14-18(27)28-6-29-19(14)33)5-39-45(37,47)43-17-15(35)10(4-38-44(36,46)42-16)40-21(17)34-9-3-1-2-8(22(24,25)26)13(9)31-32-34/h1-3,6-7,10-12,15-17,20-21,35H,4-5H2,(H,36,46)(H,37,47)(H2,27,28,29)/t10-,11-,12-,15-,16-,17-,20-,21-,44+,45+/m1/s1. The molecule has 17 nitrogen and oxygen atoms in total. The van der Waals surface area contributed by atoms with E-state index in [1.54, 1.807) is 0 Å². The average Bonchev–Trinajstić information content (AvgIpc) is 3.76. The second-order valence-corrected chi connectivity index (χ2v) is 16.3. The van der Waals surface area contributed by atoms with Crippen LogP contribution in [0.3, 0.4) is 0 Å². The van der Waals surface area contributed by atoms with Crippen LogP contribution >= 0.6 is 38.1 Å². The van der Waals surface area contributed by atoms with Gasteiger partial charge < -0.3 is 20.3 Å². The zero-order chi connectivity index (χ0) is 33.5. The lowest BCUT2D eigenvalue weighted by molar-refractivity contribution is -0.136. The van der Waals surface area contributed by atoms with E-state index >= 15 is 4.39 Å². The fourth-order valence-electron chi connectivity index (χ4n) is 5.48. The molecule has 10 atom stereocenters. The second kappa shape index (κ2) is 11.9. The molecule has 3 aliphatic rings. The predicted molar refractivity (Wildman–Crippen MR) is 156 cm³/mol. The molecule has 0 radical (unpaired) electrons. The number of thiol groups is 2. The molecule has 4 aromatic rings. The summed E-state index contributed by atoms with van der Waals surface area (Å²) in [5.41, 5.74) is 4.28. The maximum atomic E-state index is 16.0. The molecule has 3 aliphatic heterocycles. The highest BCUT2D eigenvalue weighted by molar-refractivity contribution is 8.44. The highest BCUT2D eigenvalue weighted by atomic mass is 32.7. The zero-order valence-electron chi connectivity index (χ0n) is 23.1. The second-order valence-electron chi connectivity index (χ2n) is 10.5. The van der Waals surface area contributed by atoms with Crippen LogP contribution in [-0.4, -0.2) is 89.5 Å². The highest BCUT2D eigenvalue weighted by Gasteiger charge is 2.54. The van der Waals surface area contributed by atoms with Crippen LogP contribution in [0.1, 0.15) is 18.0 Å². The van der Waals surface area contributed by atoms with E-state index in [-0.39, 0.29) is 22.5 Å². The van der Waals surface area contributed by atoms with Crippen molar-refractivity contribution < 1.29 is 59.4 Å². The largest absolute Gasteiger partial charge is 0.418 e. The third kappa shape index (κ3) is 6.05. The van der Waals surface area contributed by atoms with E-state index in [1.165, 1.54) is 17.0 Å². The van der Waals surface area contributed by atoms with Crippen molar-refractivity contribution in [3.63, 3.8) is 0 Å². The molecule has 2 bridgehead atoms. The quantitative estimate of drug-likeness (QED) is 0.132. The minimum absolute atomic E-state index is 0.0164. The average molecular weight is 745 g/mol. The predicted octanol–water partition coefficient (Wildman–Crippen LogP) is 3.26. The molecular formula is C22H22F4N8O9P2S2. The molecule has 0 unspecified atom stereocenters. The number of fused-ring (bicyclic) bond motifs is 5. The van der Waals surface area contributed by atoms with Crippen molar-refractivity contribution in [3.8, 4) is 0 Å². The lowest BCUT2D eigenvalue weighted by Crippen LogP contribution is -2.35. The zero-order valence-corrected chi connectivity index (χ0v) is 26.7. The Morgan fingerprint density at radius 1 is 0.957 bits per heavy atom. The highest BCUT2D eigenvalue weighted by Crippen LogP contribution is 2.60. The maximum Gasteiger partial charge on any atom is 0.418 e. The SMILES string of the molecule is Nc1ncnc2c1ncn2[C@@H]1O[C@@H]2CO[P@](=O)(S)O[C@@H]3[C@H](O)[C@@H](CO[P@](=O)(S)O[C@H]2[C@H]1F)O[C@H]3n1nnc2c(C(F)(F)F)cccc21. The Kier molecular flexibility index (Phi) is 8.35. The monoisotopic (exact) mass is 744 g/mol. The third-order valence-corrected chi connectivity index (χ3v) is 10.8. The summed E-state index contributed by atoms with van der Waals surface area (Å²) in [6.07, 6.45) is -15.6. The number of rotatable bonds is 2. The minimum atomic E-state index is -4.78. The van der Waals surface area contributed by atoms with Crippen molar-refractivity contribution in [1.29, 1.82) is 0 Å². The van der Waals surface area contributed by atoms with Crippen LogP contribution in [0.25, 0.3) is 22.2 Å². The first kappa shape index (κ1) is 33.1. The molecule has 47 heavy (non-hydrogen) atoms. The van der Waals surface area contributed by atoms with Gasteiger partial charge in [-0.3, -0.25) is 22.7 Å². The number of ether oxygens (including phenoxy) is 2.